The van der Waals surface area contributed by atoms with Crippen LogP contribution < -0.4 is 0 Å². The van der Waals surface area contributed by atoms with E-state index < -0.39 is 18.0 Å². The lowest BCUT2D eigenvalue weighted by Crippen LogP contribution is -2.11. The second-order valence-electron chi connectivity index (χ2n) is 3.90. The van der Waals surface area contributed by atoms with Gasteiger partial charge in [0.25, 0.3) is 0 Å². The quantitative estimate of drug-likeness (QED) is 0.665. The Morgan fingerprint density at radius 3 is 2.63 bits per heavy atom. The molecule has 1 rings (SSSR count). The zero-order valence-corrected chi connectivity index (χ0v) is 10.5. The lowest BCUT2D eigenvalue weighted by atomic mass is 10.0. The van der Waals surface area contributed by atoms with Crippen molar-refractivity contribution in [3.05, 3.63) is 29.3 Å². The Balaban J connectivity index is 2.83. The summed E-state index contributed by atoms with van der Waals surface area (Å²) in [6.07, 6.45) is -1.50. The third-order valence-corrected chi connectivity index (χ3v) is 2.58. The summed E-state index contributed by atoms with van der Waals surface area (Å²) in [6.45, 7) is 1.97. The Morgan fingerprint density at radius 2 is 2.05 bits per heavy atom. The smallest absolute Gasteiger partial charge is 0.337 e. The topological polar surface area (TPSA) is 104 Å². The molecule has 19 heavy (non-hydrogen) atoms. The normalized spacial score (nSPS) is 11.9. The number of benzene rings is 1. The van der Waals surface area contributed by atoms with E-state index >= 15 is 0 Å². The number of carbonyl (C=O) groups excluding carboxylic acids is 1. The van der Waals surface area contributed by atoms with Crippen molar-refractivity contribution in [1.29, 1.82) is 0 Å². The van der Waals surface area contributed by atoms with Crippen LogP contribution in [-0.4, -0.2) is 33.9 Å². The molecule has 0 amide bonds. The lowest BCUT2D eigenvalue weighted by Gasteiger charge is -2.11. The maximum Gasteiger partial charge on any atom is 0.337 e. The van der Waals surface area contributed by atoms with Crippen LogP contribution in [0.4, 0.5) is 0 Å². The molecule has 1 atom stereocenters. The number of hydrogen-bond acceptors (Lipinski definition) is 5. The van der Waals surface area contributed by atoms with Crippen molar-refractivity contribution in [2.45, 2.75) is 25.9 Å². The summed E-state index contributed by atoms with van der Waals surface area (Å²) < 4.78 is 4.76. The van der Waals surface area contributed by atoms with Gasteiger partial charge in [0, 0.05) is 12.0 Å². The van der Waals surface area contributed by atoms with E-state index in [0.29, 0.717) is 5.56 Å². The van der Waals surface area contributed by atoms with E-state index in [4.69, 9.17) is 9.84 Å². The Labute approximate surface area is 110 Å². The highest BCUT2D eigenvalue weighted by Crippen LogP contribution is 2.29. The number of phenolic OH excluding ortho intramolecular Hbond substituents is 1. The number of esters is 1. The number of para-hydroxylation sites is 1. The van der Waals surface area contributed by atoms with Crippen LogP contribution in [0.15, 0.2) is 18.2 Å². The number of phenols is 1. The van der Waals surface area contributed by atoms with Crippen LogP contribution in [0.2, 0.25) is 0 Å². The Bertz CT molecular complexity index is 468. The zero-order chi connectivity index (χ0) is 14.4. The second kappa shape index (κ2) is 6.75. The van der Waals surface area contributed by atoms with E-state index in [-0.39, 0.29) is 30.8 Å². The average molecular weight is 268 g/mol. The van der Waals surface area contributed by atoms with Crippen LogP contribution in [-0.2, 0) is 20.7 Å². The van der Waals surface area contributed by atoms with Crippen LogP contribution in [0.5, 0.6) is 5.75 Å². The number of carbonyl (C=O) groups is 2. The molecule has 6 heteroatoms. The third kappa shape index (κ3) is 3.96. The van der Waals surface area contributed by atoms with Gasteiger partial charge >= 0.3 is 11.9 Å². The van der Waals surface area contributed by atoms with E-state index in [1.807, 2.05) is 0 Å². The van der Waals surface area contributed by atoms with Gasteiger partial charge in [-0.25, -0.2) is 4.79 Å². The summed E-state index contributed by atoms with van der Waals surface area (Å²) in [7, 11) is 0. The van der Waals surface area contributed by atoms with Gasteiger partial charge in [-0.15, -0.1) is 0 Å². The predicted octanol–water partition coefficient (Wildman–Crippen LogP) is 1.01. The van der Waals surface area contributed by atoms with Crippen molar-refractivity contribution in [1.82, 2.24) is 0 Å². The summed E-state index contributed by atoms with van der Waals surface area (Å²) >= 11 is 0. The maximum absolute atomic E-state index is 11.2. The molecule has 0 heterocycles. The fourth-order valence-corrected chi connectivity index (χ4v) is 1.64. The molecule has 1 aromatic rings. The largest absolute Gasteiger partial charge is 0.507 e. The number of rotatable bonds is 6. The van der Waals surface area contributed by atoms with Crippen molar-refractivity contribution in [3.8, 4) is 5.75 Å². The van der Waals surface area contributed by atoms with Crippen LogP contribution in [0.1, 0.15) is 30.6 Å². The fourth-order valence-electron chi connectivity index (χ4n) is 1.64. The summed E-state index contributed by atoms with van der Waals surface area (Å²) in [5.41, 5.74) is 0.305. The maximum atomic E-state index is 11.2. The van der Waals surface area contributed by atoms with E-state index in [2.05, 4.69) is 0 Å². The molecule has 0 spiro atoms. The zero-order valence-electron chi connectivity index (χ0n) is 10.5. The molecule has 0 saturated heterocycles. The minimum absolute atomic E-state index is 0.0774. The number of hydrogen-bond donors (Lipinski definition) is 3. The van der Waals surface area contributed by atoms with Gasteiger partial charge in [0.2, 0.25) is 0 Å². The molecule has 1 unspecified atom stereocenters. The number of carboxylic acid groups (broad SMARTS) is 1. The summed E-state index contributed by atoms with van der Waals surface area (Å²) in [4.78, 5) is 21.9. The lowest BCUT2D eigenvalue weighted by molar-refractivity contribution is -0.147. The average Bonchev–Trinajstić information content (AvgIpc) is 2.37. The predicted molar refractivity (Wildman–Crippen MR) is 65.7 cm³/mol. The van der Waals surface area contributed by atoms with Crippen molar-refractivity contribution in [2.75, 3.05) is 6.61 Å². The Morgan fingerprint density at radius 1 is 1.37 bits per heavy atom. The fraction of sp³-hybridized carbons (Fsp3) is 0.385. The first-order valence-corrected chi connectivity index (χ1v) is 5.84. The highest BCUT2D eigenvalue weighted by atomic mass is 16.5. The molecule has 0 aliphatic heterocycles. The van der Waals surface area contributed by atoms with Crippen LogP contribution in [0.25, 0.3) is 0 Å². The van der Waals surface area contributed by atoms with Crippen LogP contribution >= 0.6 is 0 Å². The Kier molecular flexibility index (Phi) is 5.32. The second-order valence-corrected chi connectivity index (χ2v) is 3.90. The summed E-state index contributed by atoms with van der Waals surface area (Å²) in [5.74, 6) is -2.15. The minimum Gasteiger partial charge on any atom is -0.507 e. The number of aryl methyl sites for hydroxylation is 1. The highest BCUT2D eigenvalue weighted by Gasteiger charge is 2.21. The molecule has 0 aliphatic carbocycles. The van der Waals surface area contributed by atoms with E-state index in [1.165, 1.54) is 12.1 Å². The minimum atomic E-state index is -1.79. The first-order chi connectivity index (χ1) is 8.97. The summed E-state index contributed by atoms with van der Waals surface area (Å²) in [6, 6.07) is 4.40. The standard InChI is InChI=1S/C13H16O6/c1-2-19-10(14)7-6-8-4-3-5-9(11(8)15)12(16)13(17)18/h3-5,12,15-16H,2,6-7H2,1H3,(H,17,18). The van der Waals surface area contributed by atoms with Crippen molar-refractivity contribution < 1.29 is 29.6 Å². The molecule has 0 saturated carbocycles. The third-order valence-electron chi connectivity index (χ3n) is 2.58. The molecule has 0 aromatic heterocycles. The molecule has 0 fully saturated rings. The number of aliphatic hydroxyl groups excluding tert-OH is 1. The molecule has 0 radical (unpaired) electrons. The van der Waals surface area contributed by atoms with Gasteiger partial charge in [-0.1, -0.05) is 18.2 Å². The van der Waals surface area contributed by atoms with Gasteiger partial charge in [-0.3, -0.25) is 4.79 Å². The molecule has 6 nitrogen and oxygen atoms in total. The van der Waals surface area contributed by atoms with Crippen LogP contribution in [0.3, 0.4) is 0 Å². The Hall–Kier alpha value is -2.08. The van der Waals surface area contributed by atoms with Gasteiger partial charge in [0.15, 0.2) is 6.10 Å². The molecular formula is C13H16O6. The molecule has 104 valence electrons. The number of aliphatic hydroxyl groups is 1. The van der Waals surface area contributed by atoms with Crippen LogP contribution in [0, 0.1) is 0 Å². The molecule has 0 aliphatic rings. The molecule has 0 bridgehead atoms. The van der Waals surface area contributed by atoms with E-state index in [0.717, 1.165) is 0 Å². The van der Waals surface area contributed by atoms with E-state index in [9.17, 15) is 19.8 Å². The number of aliphatic carboxylic acids is 1. The van der Waals surface area contributed by atoms with Gasteiger partial charge < -0.3 is 20.1 Å². The highest BCUT2D eigenvalue weighted by molar-refractivity contribution is 5.75. The molecule has 3 N–H and O–H groups in total. The number of aromatic hydroxyl groups is 1. The van der Waals surface area contributed by atoms with Crippen molar-refractivity contribution >= 4 is 11.9 Å². The van der Waals surface area contributed by atoms with Gasteiger partial charge in [0.05, 0.1) is 6.61 Å². The van der Waals surface area contributed by atoms with Crippen molar-refractivity contribution in [2.24, 2.45) is 0 Å². The first-order valence-electron chi connectivity index (χ1n) is 5.84. The van der Waals surface area contributed by atoms with E-state index in [1.54, 1.807) is 13.0 Å². The number of ether oxygens (including phenoxy) is 1. The SMILES string of the molecule is CCOC(=O)CCc1cccc(C(O)C(=O)O)c1O. The van der Waals surface area contributed by atoms with Gasteiger partial charge in [-0.05, 0) is 18.9 Å². The van der Waals surface area contributed by atoms with Gasteiger partial charge in [-0.2, -0.15) is 0 Å². The monoisotopic (exact) mass is 268 g/mol. The van der Waals surface area contributed by atoms with Crippen molar-refractivity contribution in [3.63, 3.8) is 0 Å². The first kappa shape index (κ1) is 15.0. The van der Waals surface area contributed by atoms with Gasteiger partial charge in [0.1, 0.15) is 5.75 Å². The summed E-state index contributed by atoms with van der Waals surface area (Å²) in [5, 5.41) is 28.0. The molecule has 1 aromatic carbocycles. The number of carboxylic acids is 1. The molecular weight excluding hydrogens is 252 g/mol.